The normalized spacial score (nSPS) is 15.7. The van der Waals surface area contributed by atoms with E-state index >= 15 is 0 Å². The molecule has 0 radical (unpaired) electrons. The predicted octanol–water partition coefficient (Wildman–Crippen LogP) is 2.91. The number of hydrogen-bond donors (Lipinski definition) is 1. The number of piperazine rings is 1. The molecule has 0 bridgehead atoms. The standard InChI is InChI=1S/C25H34N4O2/c1-19-9-8-12-23(20(19)2)26-24(30)18-27(4)21(3)25(31)29-15-13-28(14-16-29)17-22-10-6-5-7-11-22/h5-12,21H,13-18H2,1-4H3,(H,26,30). The Morgan fingerprint density at radius 1 is 1.00 bits per heavy atom. The van der Waals surface area contributed by atoms with E-state index in [0.717, 1.165) is 49.5 Å². The van der Waals surface area contributed by atoms with Crippen LogP contribution in [0.1, 0.15) is 23.6 Å². The van der Waals surface area contributed by atoms with Crippen LogP contribution < -0.4 is 5.32 Å². The molecular formula is C25H34N4O2. The van der Waals surface area contributed by atoms with Gasteiger partial charge in [0.1, 0.15) is 0 Å². The van der Waals surface area contributed by atoms with Gasteiger partial charge in [0.25, 0.3) is 0 Å². The fourth-order valence-corrected chi connectivity index (χ4v) is 3.86. The molecule has 6 heteroatoms. The number of anilines is 1. The molecule has 1 N–H and O–H groups in total. The van der Waals surface area contributed by atoms with Gasteiger partial charge in [-0.05, 0) is 50.6 Å². The Morgan fingerprint density at radius 2 is 1.68 bits per heavy atom. The van der Waals surface area contributed by atoms with E-state index in [-0.39, 0.29) is 24.4 Å². The zero-order chi connectivity index (χ0) is 22.4. The fourth-order valence-electron chi connectivity index (χ4n) is 3.86. The van der Waals surface area contributed by atoms with Gasteiger partial charge in [-0.25, -0.2) is 0 Å². The number of aryl methyl sites for hydroxylation is 1. The van der Waals surface area contributed by atoms with Crippen LogP contribution >= 0.6 is 0 Å². The van der Waals surface area contributed by atoms with E-state index in [4.69, 9.17) is 0 Å². The summed E-state index contributed by atoms with van der Waals surface area (Å²) in [5.74, 6) is -0.0232. The van der Waals surface area contributed by atoms with E-state index in [2.05, 4.69) is 34.5 Å². The number of nitrogens with one attached hydrogen (secondary N) is 1. The van der Waals surface area contributed by atoms with Gasteiger partial charge < -0.3 is 10.2 Å². The second kappa shape index (κ2) is 10.6. The zero-order valence-electron chi connectivity index (χ0n) is 19.1. The maximum Gasteiger partial charge on any atom is 0.239 e. The zero-order valence-corrected chi connectivity index (χ0v) is 19.1. The van der Waals surface area contributed by atoms with Gasteiger partial charge in [0.05, 0.1) is 12.6 Å². The van der Waals surface area contributed by atoms with Crippen molar-refractivity contribution in [2.45, 2.75) is 33.4 Å². The molecule has 2 aromatic rings. The van der Waals surface area contributed by atoms with Crippen molar-refractivity contribution in [2.24, 2.45) is 0 Å². The molecule has 1 saturated heterocycles. The van der Waals surface area contributed by atoms with Gasteiger partial charge in [-0.1, -0.05) is 42.5 Å². The molecule has 2 aromatic carbocycles. The number of carbonyl (C=O) groups excluding carboxylic acids is 2. The maximum atomic E-state index is 13.0. The topological polar surface area (TPSA) is 55.9 Å². The average Bonchev–Trinajstić information content (AvgIpc) is 2.77. The monoisotopic (exact) mass is 422 g/mol. The second-order valence-electron chi connectivity index (χ2n) is 8.47. The third-order valence-electron chi connectivity index (χ3n) is 6.22. The molecule has 1 aliphatic heterocycles. The summed E-state index contributed by atoms with van der Waals surface area (Å²) < 4.78 is 0. The van der Waals surface area contributed by atoms with Crippen LogP contribution in [-0.2, 0) is 16.1 Å². The first kappa shape index (κ1) is 23.0. The molecule has 1 fully saturated rings. The van der Waals surface area contributed by atoms with Crippen molar-refractivity contribution in [3.05, 3.63) is 65.2 Å². The number of nitrogens with zero attached hydrogens (tertiary/aromatic N) is 3. The van der Waals surface area contributed by atoms with Crippen molar-refractivity contribution in [2.75, 3.05) is 45.1 Å². The number of hydrogen-bond acceptors (Lipinski definition) is 4. The van der Waals surface area contributed by atoms with E-state index in [1.807, 2.05) is 61.9 Å². The Morgan fingerprint density at radius 3 is 2.35 bits per heavy atom. The van der Waals surface area contributed by atoms with E-state index in [9.17, 15) is 9.59 Å². The fraction of sp³-hybridized carbons (Fsp3) is 0.440. The summed E-state index contributed by atoms with van der Waals surface area (Å²) in [6.45, 7) is 10.2. The van der Waals surface area contributed by atoms with Crippen LogP contribution in [0.2, 0.25) is 0 Å². The minimum absolute atomic E-state index is 0.0846. The maximum absolute atomic E-state index is 13.0. The third kappa shape index (κ3) is 6.15. The lowest BCUT2D eigenvalue weighted by Gasteiger charge is -2.37. The number of likely N-dealkylation sites (N-methyl/N-ethyl adjacent to an activating group) is 1. The smallest absolute Gasteiger partial charge is 0.239 e. The molecule has 0 saturated carbocycles. The van der Waals surface area contributed by atoms with Crippen molar-refractivity contribution >= 4 is 17.5 Å². The molecule has 31 heavy (non-hydrogen) atoms. The number of carbonyl (C=O) groups is 2. The summed E-state index contributed by atoms with van der Waals surface area (Å²) in [4.78, 5) is 31.6. The molecule has 1 heterocycles. The summed E-state index contributed by atoms with van der Waals surface area (Å²) in [5.41, 5.74) is 4.33. The highest BCUT2D eigenvalue weighted by atomic mass is 16.2. The van der Waals surface area contributed by atoms with E-state index in [0.29, 0.717) is 0 Å². The summed E-state index contributed by atoms with van der Waals surface area (Å²) in [5, 5.41) is 2.97. The van der Waals surface area contributed by atoms with E-state index < -0.39 is 0 Å². The number of amides is 2. The van der Waals surface area contributed by atoms with Gasteiger partial charge in [-0.15, -0.1) is 0 Å². The van der Waals surface area contributed by atoms with E-state index in [1.54, 1.807) is 0 Å². The number of benzene rings is 2. The molecule has 0 aliphatic carbocycles. The van der Waals surface area contributed by atoms with Gasteiger partial charge in [-0.2, -0.15) is 0 Å². The van der Waals surface area contributed by atoms with Crippen molar-refractivity contribution in [1.29, 1.82) is 0 Å². The van der Waals surface area contributed by atoms with Crippen molar-refractivity contribution in [3.63, 3.8) is 0 Å². The highest BCUT2D eigenvalue weighted by molar-refractivity contribution is 5.93. The lowest BCUT2D eigenvalue weighted by molar-refractivity contribution is -0.138. The average molecular weight is 423 g/mol. The lowest BCUT2D eigenvalue weighted by Crippen LogP contribution is -2.54. The van der Waals surface area contributed by atoms with Crippen molar-refractivity contribution in [3.8, 4) is 0 Å². The first-order valence-electron chi connectivity index (χ1n) is 11.0. The predicted molar refractivity (Wildman–Crippen MR) is 125 cm³/mol. The Kier molecular flexibility index (Phi) is 7.82. The Bertz CT molecular complexity index is 892. The van der Waals surface area contributed by atoms with Crippen LogP contribution in [0.15, 0.2) is 48.5 Å². The van der Waals surface area contributed by atoms with Crippen LogP contribution in [0.4, 0.5) is 5.69 Å². The second-order valence-corrected chi connectivity index (χ2v) is 8.47. The molecule has 3 rings (SSSR count). The van der Waals surface area contributed by atoms with Gasteiger partial charge in [0.15, 0.2) is 0 Å². The highest BCUT2D eigenvalue weighted by Crippen LogP contribution is 2.18. The van der Waals surface area contributed by atoms with E-state index in [1.165, 1.54) is 5.56 Å². The van der Waals surface area contributed by atoms with Gasteiger partial charge in [-0.3, -0.25) is 19.4 Å². The SMILES string of the molecule is Cc1cccc(NC(=O)CN(C)C(C)C(=O)N2CCN(Cc3ccccc3)CC2)c1C. The molecule has 1 atom stereocenters. The molecule has 166 valence electrons. The molecule has 6 nitrogen and oxygen atoms in total. The lowest BCUT2D eigenvalue weighted by atomic mass is 10.1. The summed E-state index contributed by atoms with van der Waals surface area (Å²) in [7, 11) is 1.83. The van der Waals surface area contributed by atoms with Crippen LogP contribution in [0.3, 0.4) is 0 Å². The largest absolute Gasteiger partial charge is 0.339 e. The molecule has 1 aliphatic rings. The van der Waals surface area contributed by atoms with Gasteiger partial charge in [0.2, 0.25) is 11.8 Å². The Labute approximate surface area is 185 Å². The van der Waals surface area contributed by atoms with Crippen molar-refractivity contribution < 1.29 is 9.59 Å². The Hall–Kier alpha value is -2.70. The Balaban J connectivity index is 1.47. The first-order valence-corrected chi connectivity index (χ1v) is 11.0. The first-order chi connectivity index (χ1) is 14.8. The molecule has 1 unspecified atom stereocenters. The molecular weight excluding hydrogens is 388 g/mol. The van der Waals surface area contributed by atoms with Crippen LogP contribution in [0.5, 0.6) is 0 Å². The van der Waals surface area contributed by atoms with Gasteiger partial charge >= 0.3 is 0 Å². The molecule has 0 spiro atoms. The summed E-state index contributed by atoms with van der Waals surface area (Å²) in [6, 6.07) is 15.9. The minimum atomic E-state index is -0.343. The third-order valence-corrected chi connectivity index (χ3v) is 6.22. The quantitative estimate of drug-likeness (QED) is 0.746. The molecule has 0 aromatic heterocycles. The number of rotatable bonds is 7. The molecule has 2 amide bonds. The van der Waals surface area contributed by atoms with Crippen LogP contribution in [0.25, 0.3) is 0 Å². The van der Waals surface area contributed by atoms with Gasteiger partial charge in [0, 0.05) is 38.4 Å². The van der Waals surface area contributed by atoms with Crippen LogP contribution in [-0.4, -0.2) is 72.3 Å². The highest BCUT2D eigenvalue weighted by Gasteiger charge is 2.28. The van der Waals surface area contributed by atoms with Crippen LogP contribution in [0, 0.1) is 13.8 Å². The summed E-state index contributed by atoms with van der Waals surface area (Å²) in [6.07, 6.45) is 0. The van der Waals surface area contributed by atoms with Crippen molar-refractivity contribution in [1.82, 2.24) is 14.7 Å². The minimum Gasteiger partial charge on any atom is -0.339 e. The summed E-state index contributed by atoms with van der Waals surface area (Å²) >= 11 is 0.